The third kappa shape index (κ3) is 4.19. The SMILES string of the molecule is CS(=O)CCNC1CCCCNC1=O. The lowest BCUT2D eigenvalue weighted by atomic mass is 10.1. The molecule has 0 aromatic rings. The minimum atomic E-state index is -0.780. The number of amides is 1. The standard InChI is InChI=1S/C9H18N2O2S/c1-14(13)7-6-10-8-4-2-3-5-11-9(8)12/h8,10H,2-7H2,1H3,(H,11,12). The van der Waals surface area contributed by atoms with Gasteiger partial charge in [0.25, 0.3) is 0 Å². The Morgan fingerprint density at radius 2 is 2.36 bits per heavy atom. The van der Waals surface area contributed by atoms with Gasteiger partial charge in [0.05, 0.1) is 6.04 Å². The normalized spacial score (nSPS) is 25.2. The molecule has 0 saturated carbocycles. The van der Waals surface area contributed by atoms with Crippen LogP contribution in [0.3, 0.4) is 0 Å². The van der Waals surface area contributed by atoms with Crippen LogP contribution in [0.5, 0.6) is 0 Å². The average Bonchev–Trinajstić information content (AvgIpc) is 2.31. The average molecular weight is 218 g/mol. The first-order valence-corrected chi connectivity index (χ1v) is 6.74. The van der Waals surface area contributed by atoms with Crippen molar-refractivity contribution in [3.63, 3.8) is 0 Å². The highest BCUT2D eigenvalue weighted by molar-refractivity contribution is 7.84. The molecule has 1 amide bonds. The molecule has 0 aromatic heterocycles. The quantitative estimate of drug-likeness (QED) is 0.676. The number of hydrogen-bond acceptors (Lipinski definition) is 3. The Balaban J connectivity index is 2.26. The summed E-state index contributed by atoms with van der Waals surface area (Å²) in [7, 11) is -0.780. The maximum Gasteiger partial charge on any atom is 0.237 e. The van der Waals surface area contributed by atoms with Crippen LogP contribution in [0.15, 0.2) is 0 Å². The first-order chi connectivity index (χ1) is 6.70. The van der Waals surface area contributed by atoms with Crippen molar-refractivity contribution in [3.8, 4) is 0 Å². The second-order valence-electron chi connectivity index (χ2n) is 3.57. The Labute approximate surface area is 87.3 Å². The Morgan fingerprint density at radius 1 is 1.57 bits per heavy atom. The fraction of sp³-hybridized carbons (Fsp3) is 0.889. The molecule has 4 nitrogen and oxygen atoms in total. The fourth-order valence-corrected chi connectivity index (χ4v) is 1.92. The van der Waals surface area contributed by atoms with Gasteiger partial charge in [-0.2, -0.15) is 0 Å². The third-order valence-corrected chi connectivity index (χ3v) is 3.09. The zero-order valence-electron chi connectivity index (χ0n) is 8.54. The molecule has 0 bridgehead atoms. The molecule has 82 valence electrons. The van der Waals surface area contributed by atoms with Gasteiger partial charge in [-0.25, -0.2) is 0 Å². The molecular weight excluding hydrogens is 200 g/mol. The predicted octanol–water partition coefficient (Wildman–Crippen LogP) is -0.377. The van der Waals surface area contributed by atoms with Crippen molar-refractivity contribution in [1.82, 2.24) is 10.6 Å². The van der Waals surface area contributed by atoms with E-state index in [0.29, 0.717) is 12.3 Å². The molecule has 0 aliphatic carbocycles. The van der Waals surface area contributed by atoms with Gasteiger partial charge in [0.15, 0.2) is 0 Å². The van der Waals surface area contributed by atoms with Gasteiger partial charge < -0.3 is 10.6 Å². The van der Waals surface area contributed by atoms with Crippen molar-refractivity contribution in [2.45, 2.75) is 25.3 Å². The first kappa shape index (κ1) is 11.7. The summed E-state index contributed by atoms with van der Waals surface area (Å²) in [4.78, 5) is 11.4. The molecule has 5 heteroatoms. The Morgan fingerprint density at radius 3 is 3.07 bits per heavy atom. The van der Waals surface area contributed by atoms with Gasteiger partial charge in [-0.1, -0.05) is 0 Å². The van der Waals surface area contributed by atoms with Crippen molar-refractivity contribution >= 4 is 16.7 Å². The van der Waals surface area contributed by atoms with Gasteiger partial charge >= 0.3 is 0 Å². The van der Waals surface area contributed by atoms with E-state index in [1.165, 1.54) is 0 Å². The van der Waals surface area contributed by atoms with Crippen LogP contribution >= 0.6 is 0 Å². The molecule has 1 heterocycles. The molecule has 2 atom stereocenters. The molecule has 1 aliphatic heterocycles. The van der Waals surface area contributed by atoms with E-state index in [0.717, 1.165) is 25.8 Å². The van der Waals surface area contributed by atoms with Gasteiger partial charge in [-0.05, 0) is 19.3 Å². The van der Waals surface area contributed by atoms with E-state index in [-0.39, 0.29) is 11.9 Å². The number of hydrogen-bond donors (Lipinski definition) is 2. The minimum absolute atomic E-state index is 0.0824. The van der Waals surface area contributed by atoms with Crippen LogP contribution in [0.25, 0.3) is 0 Å². The summed E-state index contributed by atoms with van der Waals surface area (Å²) in [6, 6.07) is -0.0824. The van der Waals surface area contributed by atoms with Crippen LogP contribution in [0.1, 0.15) is 19.3 Å². The largest absolute Gasteiger partial charge is 0.355 e. The molecule has 14 heavy (non-hydrogen) atoms. The van der Waals surface area contributed by atoms with E-state index < -0.39 is 10.8 Å². The van der Waals surface area contributed by atoms with Crippen LogP contribution in [0.4, 0.5) is 0 Å². The summed E-state index contributed by atoms with van der Waals surface area (Å²) in [6.07, 6.45) is 4.70. The number of carbonyl (C=O) groups is 1. The zero-order valence-corrected chi connectivity index (χ0v) is 9.36. The topological polar surface area (TPSA) is 58.2 Å². The molecule has 1 fully saturated rings. The number of carbonyl (C=O) groups excluding carboxylic acids is 1. The molecule has 0 spiro atoms. The smallest absolute Gasteiger partial charge is 0.237 e. The van der Waals surface area contributed by atoms with Crippen LogP contribution in [0, 0.1) is 0 Å². The Hall–Kier alpha value is -0.420. The number of rotatable bonds is 4. The van der Waals surface area contributed by atoms with Crippen molar-refractivity contribution in [1.29, 1.82) is 0 Å². The molecule has 2 N–H and O–H groups in total. The maximum atomic E-state index is 11.4. The second kappa shape index (κ2) is 6.14. The van der Waals surface area contributed by atoms with Crippen LogP contribution in [0.2, 0.25) is 0 Å². The molecule has 1 saturated heterocycles. The molecule has 0 aromatic carbocycles. The first-order valence-electron chi connectivity index (χ1n) is 5.01. The van der Waals surface area contributed by atoms with Crippen molar-refractivity contribution in [2.75, 3.05) is 25.1 Å². The molecular formula is C9H18N2O2S. The van der Waals surface area contributed by atoms with E-state index >= 15 is 0 Å². The summed E-state index contributed by atoms with van der Waals surface area (Å²) in [5.74, 6) is 0.702. The van der Waals surface area contributed by atoms with Gasteiger partial charge in [0.2, 0.25) is 5.91 Å². The van der Waals surface area contributed by atoms with E-state index in [4.69, 9.17) is 0 Å². The maximum absolute atomic E-state index is 11.4. The summed E-state index contributed by atoms with van der Waals surface area (Å²) >= 11 is 0. The van der Waals surface area contributed by atoms with Crippen LogP contribution in [-0.4, -0.2) is 41.3 Å². The molecule has 1 aliphatic rings. The monoisotopic (exact) mass is 218 g/mol. The highest BCUT2D eigenvalue weighted by atomic mass is 32.2. The van der Waals surface area contributed by atoms with Gasteiger partial charge in [-0.15, -0.1) is 0 Å². The molecule has 1 rings (SSSR count). The van der Waals surface area contributed by atoms with Crippen LogP contribution < -0.4 is 10.6 Å². The fourth-order valence-electron chi connectivity index (χ4n) is 1.51. The summed E-state index contributed by atoms with van der Waals surface area (Å²) < 4.78 is 10.8. The minimum Gasteiger partial charge on any atom is -0.355 e. The van der Waals surface area contributed by atoms with Crippen molar-refractivity contribution < 1.29 is 9.00 Å². The van der Waals surface area contributed by atoms with E-state index in [1.54, 1.807) is 6.26 Å². The van der Waals surface area contributed by atoms with E-state index in [1.807, 2.05) is 0 Å². The lowest BCUT2D eigenvalue weighted by Gasteiger charge is -2.14. The summed E-state index contributed by atoms with van der Waals surface area (Å²) in [5, 5.41) is 5.99. The highest BCUT2D eigenvalue weighted by Gasteiger charge is 2.19. The second-order valence-corrected chi connectivity index (χ2v) is 5.13. The summed E-state index contributed by atoms with van der Waals surface area (Å²) in [5.41, 5.74) is 0. The molecule has 0 radical (unpaired) electrons. The van der Waals surface area contributed by atoms with Crippen molar-refractivity contribution in [3.05, 3.63) is 0 Å². The lowest BCUT2D eigenvalue weighted by Crippen LogP contribution is -2.43. The van der Waals surface area contributed by atoms with Gasteiger partial charge in [0.1, 0.15) is 0 Å². The highest BCUT2D eigenvalue weighted by Crippen LogP contribution is 2.04. The third-order valence-electron chi connectivity index (χ3n) is 2.32. The Kier molecular flexibility index (Phi) is 5.11. The number of nitrogens with one attached hydrogen (secondary N) is 2. The summed E-state index contributed by atoms with van der Waals surface area (Å²) in [6.45, 7) is 1.44. The predicted molar refractivity (Wildman–Crippen MR) is 57.6 cm³/mol. The van der Waals surface area contributed by atoms with Crippen molar-refractivity contribution in [2.24, 2.45) is 0 Å². The van der Waals surface area contributed by atoms with Gasteiger partial charge in [0, 0.05) is 35.9 Å². The lowest BCUT2D eigenvalue weighted by molar-refractivity contribution is -0.122. The Bertz CT molecular complexity index is 221. The van der Waals surface area contributed by atoms with E-state index in [2.05, 4.69) is 10.6 Å². The molecule has 2 unspecified atom stereocenters. The zero-order chi connectivity index (χ0) is 10.4. The van der Waals surface area contributed by atoms with Gasteiger partial charge in [-0.3, -0.25) is 9.00 Å². The van der Waals surface area contributed by atoms with Crippen LogP contribution in [-0.2, 0) is 15.6 Å². The van der Waals surface area contributed by atoms with E-state index in [9.17, 15) is 9.00 Å².